The van der Waals surface area contributed by atoms with Gasteiger partial charge in [-0.05, 0) is 111 Å². The molecule has 0 radical (unpaired) electrons. The molecular weight excluding hydrogens is 468 g/mol. The molecule has 5 aliphatic carbocycles. The molecule has 37 heavy (non-hydrogen) atoms. The van der Waals surface area contributed by atoms with Gasteiger partial charge >= 0.3 is 0 Å². The van der Waals surface area contributed by atoms with Gasteiger partial charge in [0.15, 0.2) is 5.12 Å². The van der Waals surface area contributed by atoms with Crippen LogP contribution in [-0.2, 0) is 4.79 Å². The monoisotopic (exact) mass is 526 g/mol. The number of fused-ring (bicyclic) bond motifs is 5. The van der Waals surface area contributed by atoms with Crippen LogP contribution in [0.25, 0.3) is 0 Å². The average Bonchev–Trinajstić information content (AvgIpc) is 3.23. The molecule has 0 aromatic rings. The highest BCUT2D eigenvalue weighted by atomic mass is 32.2. The molecule has 0 aromatic carbocycles. The largest absolute Gasteiger partial charge is 0.287 e. The maximum absolute atomic E-state index is 12.9. The zero-order valence-corrected chi connectivity index (χ0v) is 25.5. The van der Waals surface area contributed by atoms with Gasteiger partial charge in [0.05, 0.1) is 0 Å². The molecule has 0 heterocycles. The molecule has 4 unspecified atom stereocenters. The third-order valence-electron chi connectivity index (χ3n) is 12.6. The molecule has 0 aliphatic heterocycles. The second-order valence-corrected chi connectivity index (χ2v) is 16.1. The molecule has 2 heteroatoms. The highest BCUT2D eigenvalue weighted by Gasteiger charge is 2.58. The standard InChI is InChI=1S/C35H58OS/c1-4-5-6-7-8-12-15-27-17-19-31-30-18-16-28-25-29(37-33(36)24-26-13-10-9-11-14-26)20-22-35(28,3)32(30)21-23-34(27,31)2/h16,26-27,29-32H,4-15,17-25H2,1-3H3/t27?,29-,30?,31?,32?,34+,35-/m0/s1. The van der Waals surface area contributed by atoms with E-state index in [2.05, 4.69) is 26.8 Å². The summed E-state index contributed by atoms with van der Waals surface area (Å²) < 4.78 is 0. The van der Waals surface area contributed by atoms with Gasteiger partial charge in [-0.1, -0.05) is 102 Å². The summed E-state index contributed by atoms with van der Waals surface area (Å²) in [7, 11) is 0. The lowest BCUT2D eigenvalue weighted by atomic mass is 9.47. The molecule has 7 atom stereocenters. The lowest BCUT2D eigenvalue weighted by Crippen LogP contribution is -2.50. The number of thioether (sulfide) groups is 1. The van der Waals surface area contributed by atoms with E-state index in [1.54, 1.807) is 17.3 Å². The second-order valence-electron chi connectivity index (χ2n) is 14.7. The lowest BCUT2D eigenvalue weighted by Gasteiger charge is -2.58. The minimum atomic E-state index is 0.422. The van der Waals surface area contributed by atoms with E-state index in [1.807, 2.05) is 0 Å². The molecule has 4 saturated carbocycles. The van der Waals surface area contributed by atoms with Crippen molar-refractivity contribution in [3.05, 3.63) is 11.6 Å². The molecule has 0 amide bonds. The summed E-state index contributed by atoms with van der Waals surface area (Å²) in [4.78, 5) is 12.9. The number of allylic oxidation sites excluding steroid dienone is 2. The van der Waals surface area contributed by atoms with Crippen molar-refractivity contribution in [1.82, 2.24) is 0 Å². The van der Waals surface area contributed by atoms with E-state index in [0.717, 1.165) is 30.1 Å². The Balaban J connectivity index is 1.16. The van der Waals surface area contributed by atoms with Gasteiger partial charge in [-0.3, -0.25) is 4.79 Å². The zero-order chi connectivity index (χ0) is 25.9. The van der Waals surface area contributed by atoms with Gasteiger partial charge in [-0.15, -0.1) is 0 Å². The number of unbranched alkanes of at least 4 members (excludes halogenated alkanes) is 5. The van der Waals surface area contributed by atoms with Gasteiger partial charge in [0.2, 0.25) is 0 Å². The number of rotatable bonds is 10. The summed E-state index contributed by atoms with van der Waals surface area (Å²) in [6.45, 7) is 7.69. The van der Waals surface area contributed by atoms with Gasteiger partial charge in [-0.25, -0.2) is 0 Å². The first kappa shape index (κ1) is 28.3. The maximum Gasteiger partial charge on any atom is 0.189 e. The Morgan fingerprint density at radius 3 is 2.49 bits per heavy atom. The molecule has 4 fully saturated rings. The maximum atomic E-state index is 12.9. The van der Waals surface area contributed by atoms with Crippen LogP contribution in [0.1, 0.15) is 156 Å². The van der Waals surface area contributed by atoms with E-state index in [4.69, 9.17) is 0 Å². The third-order valence-corrected chi connectivity index (χ3v) is 13.8. The van der Waals surface area contributed by atoms with Crippen molar-refractivity contribution in [1.29, 1.82) is 0 Å². The fourth-order valence-corrected chi connectivity index (χ4v) is 11.5. The Morgan fingerprint density at radius 1 is 0.892 bits per heavy atom. The quantitative estimate of drug-likeness (QED) is 0.208. The highest BCUT2D eigenvalue weighted by molar-refractivity contribution is 8.14. The molecule has 0 saturated heterocycles. The Kier molecular flexibility index (Phi) is 9.57. The predicted octanol–water partition coefficient (Wildman–Crippen LogP) is 10.9. The van der Waals surface area contributed by atoms with Gasteiger partial charge in [0, 0.05) is 11.7 Å². The minimum absolute atomic E-state index is 0.422. The normalized spacial score (nSPS) is 40.0. The van der Waals surface area contributed by atoms with E-state index >= 15 is 0 Å². The van der Waals surface area contributed by atoms with Crippen molar-refractivity contribution in [3.8, 4) is 0 Å². The number of hydrogen-bond acceptors (Lipinski definition) is 2. The molecule has 210 valence electrons. The van der Waals surface area contributed by atoms with Gasteiger partial charge < -0.3 is 0 Å². The third kappa shape index (κ3) is 6.10. The highest BCUT2D eigenvalue weighted by Crippen LogP contribution is 2.67. The molecule has 0 spiro atoms. The summed E-state index contributed by atoms with van der Waals surface area (Å²) in [6.07, 6.45) is 31.5. The summed E-state index contributed by atoms with van der Waals surface area (Å²) >= 11 is 1.75. The fraction of sp³-hybridized carbons (Fsp3) is 0.914. The fourth-order valence-electron chi connectivity index (χ4n) is 10.3. The SMILES string of the molecule is CCCCCCCCC1CCC2C3CC=C4C[C@@H](SC(=O)CC5CCCCC5)CC[C@]4(C)C3CC[C@]12C. The van der Waals surface area contributed by atoms with E-state index in [9.17, 15) is 4.79 Å². The number of carbonyl (C=O) groups excluding carboxylic acids is 1. The first-order valence-electron chi connectivity index (χ1n) is 16.8. The molecule has 5 rings (SSSR count). The number of hydrogen-bond donors (Lipinski definition) is 0. The van der Waals surface area contributed by atoms with Crippen molar-refractivity contribution in [3.63, 3.8) is 0 Å². The Labute approximate surface area is 234 Å². The van der Waals surface area contributed by atoms with Crippen LogP contribution < -0.4 is 0 Å². The summed E-state index contributed by atoms with van der Waals surface area (Å²) in [5.41, 5.74) is 2.80. The van der Waals surface area contributed by atoms with Crippen LogP contribution in [0.3, 0.4) is 0 Å². The van der Waals surface area contributed by atoms with Crippen molar-refractivity contribution in [2.45, 2.75) is 161 Å². The molecule has 0 aromatic heterocycles. The summed E-state index contributed by atoms with van der Waals surface area (Å²) in [5.74, 6) is 4.48. The van der Waals surface area contributed by atoms with Crippen LogP contribution in [0.4, 0.5) is 0 Å². The van der Waals surface area contributed by atoms with Crippen LogP contribution in [0.15, 0.2) is 11.6 Å². The Morgan fingerprint density at radius 2 is 1.68 bits per heavy atom. The van der Waals surface area contributed by atoms with Crippen molar-refractivity contribution >= 4 is 16.9 Å². The van der Waals surface area contributed by atoms with Crippen LogP contribution in [-0.4, -0.2) is 10.4 Å². The van der Waals surface area contributed by atoms with E-state index in [-0.39, 0.29) is 0 Å². The average molecular weight is 527 g/mol. The van der Waals surface area contributed by atoms with Gasteiger partial charge in [0.1, 0.15) is 0 Å². The van der Waals surface area contributed by atoms with Crippen molar-refractivity contribution in [2.75, 3.05) is 0 Å². The lowest BCUT2D eigenvalue weighted by molar-refractivity contribution is -0.112. The molecular formula is C35H58OS. The van der Waals surface area contributed by atoms with E-state index in [0.29, 0.717) is 27.1 Å². The molecule has 1 nitrogen and oxygen atoms in total. The van der Waals surface area contributed by atoms with Crippen molar-refractivity contribution in [2.24, 2.45) is 40.4 Å². The molecule has 0 N–H and O–H groups in total. The van der Waals surface area contributed by atoms with Crippen LogP contribution in [0.5, 0.6) is 0 Å². The Hall–Kier alpha value is -0.240. The van der Waals surface area contributed by atoms with Crippen molar-refractivity contribution < 1.29 is 4.79 Å². The smallest absolute Gasteiger partial charge is 0.189 e. The van der Waals surface area contributed by atoms with Crippen LogP contribution >= 0.6 is 11.8 Å². The van der Waals surface area contributed by atoms with Gasteiger partial charge in [-0.2, -0.15) is 0 Å². The van der Waals surface area contributed by atoms with E-state index < -0.39 is 0 Å². The second kappa shape index (κ2) is 12.5. The number of carbonyl (C=O) groups is 1. The minimum Gasteiger partial charge on any atom is -0.287 e. The van der Waals surface area contributed by atoms with Crippen LogP contribution in [0.2, 0.25) is 0 Å². The predicted molar refractivity (Wildman–Crippen MR) is 161 cm³/mol. The topological polar surface area (TPSA) is 17.1 Å². The Bertz CT molecular complexity index is 795. The van der Waals surface area contributed by atoms with E-state index in [1.165, 1.54) is 128 Å². The first-order chi connectivity index (χ1) is 17.9. The van der Waals surface area contributed by atoms with Crippen LogP contribution in [0, 0.1) is 40.4 Å². The first-order valence-corrected chi connectivity index (χ1v) is 17.7. The molecule has 0 bridgehead atoms. The zero-order valence-electron chi connectivity index (χ0n) is 24.7. The van der Waals surface area contributed by atoms with Gasteiger partial charge in [0.25, 0.3) is 0 Å². The summed E-state index contributed by atoms with van der Waals surface area (Å²) in [5, 5.41) is 1.06. The molecule has 5 aliphatic rings. The summed E-state index contributed by atoms with van der Waals surface area (Å²) in [6, 6.07) is 0.